The summed E-state index contributed by atoms with van der Waals surface area (Å²) in [7, 11) is 1.57. The number of rotatable bonds is 3. The van der Waals surface area contributed by atoms with Gasteiger partial charge in [-0.15, -0.1) is 0 Å². The van der Waals surface area contributed by atoms with Gasteiger partial charge in [0.25, 0.3) is 0 Å². The van der Waals surface area contributed by atoms with Crippen molar-refractivity contribution < 1.29 is 9.84 Å². The van der Waals surface area contributed by atoms with E-state index in [0.29, 0.717) is 5.75 Å². The van der Waals surface area contributed by atoms with Crippen LogP contribution in [-0.4, -0.2) is 18.8 Å². The largest absolute Gasteiger partial charge is 0.497 e. The van der Waals surface area contributed by atoms with Crippen LogP contribution in [0.4, 0.5) is 0 Å². The normalized spacial score (nSPS) is 11.8. The van der Waals surface area contributed by atoms with Crippen molar-refractivity contribution in [2.45, 2.75) is 5.92 Å². The van der Waals surface area contributed by atoms with Gasteiger partial charge in [-0.2, -0.15) is 5.26 Å². The molecule has 0 amide bonds. The maximum atomic E-state index is 8.88. The number of hydrogen-bond donors (Lipinski definition) is 1. The molecule has 1 unspecified atom stereocenters. The Morgan fingerprint density at radius 2 is 2.38 bits per heavy atom. The van der Waals surface area contributed by atoms with Crippen LogP contribution in [0.5, 0.6) is 5.75 Å². The fraction of sp³-hybridized carbons (Fsp3) is 0.300. The van der Waals surface area contributed by atoms with Gasteiger partial charge in [-0.1, -0.05) is 12.1 Å². The standard InChI is InChI=1S/C10H11NO2/c1-13-10-4-2-3-8(5-10)9(6-11)7-12/h2-5,9,12H,7H2,1H3. The van der Waals surface area contributed by atoms with E-state index in [1.165, 1.54) is 0 Å². The Labute approximate surface area is 77.2 Å². The lowest BCUT2D eigenvalue weighted by Gasteiger charge is -2.06. The van der Waals surface area contributed by atoms with Crippen LogP contribution in [-0.2, 0) is 0 Å². The number of nitrogens with zero attached hydrogens (tertiary/aromatic N) is 1. The van der Waals surface area contributed by atoms with E-state index in [-0.39, 0.29) is 6.61 Å². The van der Waals surface area contributed by atoms with Gasteiger partial charge in [0, 0.05) is 0 Å². The molecule has 1 aromatic rings. The van der Waals surface area contributed by atoms with E-state index in [2.05, 4.69) is 0 Å². The van der Waals surface area contributed by atoms with Crippen molar-refractivity contribution >= 4 is 0 Å². The van der Waals surface area contributed by atoms with Crippen LogP contribution in [0.1, 0.15) is 11.5 Å². The lowest BCUT2D eigenvalue weighted by molar-refractivity contribution is 0.285. The highest BCUT2D eigenvalue weighted by Crippen LogP contribution is 2.19. The molecule has 0 spiro atoms. The Morgan fingerprint density at radius 1 is 1.62 bits per heavy atom. The van der Waals surface area contributed by atoms with Crippen molar-refractivity contribution in [3.05, 3.63) is 29.8 Å². The molecule has 0 radical (unpaired) electrons. The van der Waals surface area contributed by atoms with Gasteiger partial charge in [-0.3, -0.25) is 0 Å². The van der Waals surface area contributed by atoms with Gasteiger partial charge >= 0.3 is 0 Å². The second-order valence-electron chi connectivity index (χ2n) is 2.64. The van der Waals surface area contributed by atoms with Gasteiger partial charge in [0.15, 0.2) is 0 Å². The van der Waals surface area contributed by atoms with Gasteiger partial charge in [-0.25, -0.2) is 0 Å². The first-order valence-corrected chi connectivity index (χ1v) is 3.96. The minimum absolute atomic E-state index is 0.163. The first-order valence-electron chi connectivity index (χ1n) is 3.96. The van der Waals surface area contributed by atoms with Crippen molar-refractivity contribution in [3.63, 3.8) is 0 Å². The molecule has 0 aromatic heterocycles. The van der Waals surface area contributed by atoms with E-state index < -0.39 is 5.92 Å². The summed E-state index contributed by atoms with van der Waals surface area (Å²) in [5, 5.41) is 17.6. The van der Waals surface area contributed by atoms with Crippen LogP contribution in [0.2, 0.25) is 0 Å². The third-order valence-corrected chi connectivity index (χ3v) is 1.83. The van der Waals surface area contributed by atoms with Gasteiger partial charge in [-0.05, 0) is 17.7 Å². The van der Waals surface area contributed by atoms with Crippen LogP contribution in [0.3, 0.4) is 0 Å². The van der Waals surface area contributed by atoms with Crippen LogP contribution in [0, 0.1) is 11.3 Å². The number of aliphatic hydroxyl groups excluding tert-OH is 1. The van der Waals surface area contributed by atoms with Crippen molar-refractivity contribution in [1.29, 1.82) is 5.26 Å². The predicted molar refractivity (Wildman–Crippen MR) is 48.4 cm³/mol. The van der Waals surface area contributed by atoms with E-state index in [0.717, 1.165) is 5.56 Å². The highest BCUT2D eigenvalue weighted by Gasteiger charge is 2.08. The van der Waals surface area contributed by atoms with Gasteiger partial charge in [0.2, 0.25) is 0 Å². The lowest BCUT2D eigenvalue weighted by atomic mass is 10.0. The van der Waals surface area contributed by atoms with Crippen molar-refractivity contribution in [2.24, 2.45) is 0 Å². The van der Waals surface area contributed by atoms with Crippen LogP contribution in [0.25, 0.3) is 0 Å². The number of hydrogen-bond acceptors (Lipinski definition) is 3. The molecule has 1 rings (SSSR count). The van der Waals surface area contributed by atoms with E-state index in [1.54, 1.807) is 31.4 Å². The second kappa shape index (κ2) is 4.48. The summed E-state index contributed by atoms with van der Waals surface area (Å²) in [5.74, 6) is 0.237. The number of aliphatic hydroxyl groups is 1. The Hall–Kier alpha value is -1.53. The van der Waals surface area contributed by atoms with Crippen molar-refractivity contribution in [2.75, 3.05) is 13.7 Å². The smallest absolute Gasteiger partial charge is 0.119 e. The molecule has 3 heteroatoms. The van der Waals surface area contributed by atoms with Gasteiger partial charge in [0.05, 0.1) is 25.7 Å². The molecular weight excluding hydrogens is 166 g/mol. The summed E-state index contributed by atoms with van der Waals surface area (Å²) in [6.45, 7) is -0.163. The maximum absolute atomic E-state index is 8.88. The second-order valence-corrected chi connectivity index (χ2v) is 2.64. The first-order chi connectivity index (χ1) is 6.31. The van der Waals surface area contributed by atoms with Gasteiger partial charge in [0.1, 0.15) is 5.75 Å². The zero-order valence-corrected chi connectivity index (χ0v) is 7.40. The van der Waals surface area contributed by atoms with Crippen molar-refractivity contribution in [3.8, 4) is 11.8 Å². The summed E-state index contributed by atoms with van der Waals surface area (Å²) >= 11 is 0. The summed E-state index contributed by atoms with van der Waals surface area (Å²) in [5.41, 5.74) is 0.782. The molecule has 0 bridgehead atoms. The van der Waals surface area contributed by atoms with E-state index >= 15 is 0 Å². The van der Waals surface area contributed by atoms with E-state index in [1.807, 2.05) is 6.07 Å². The quantitative estimate of drug-likeness (QED) is 0.757. The Bertz CT molecular complexity index is 317. The third-order valence-electron chi connectivity index (χ3n) is 1.83. The highest BCUT2D eigenvalue weighted by atomic mass is 16.5. The topological polar surface area (TPSA) is 53.2 Å². The minimum Gasteiger partial charge on any atom is -0.497 e. The zero-order chi connectivity index (χ0) is 9.68. The summed E-state index contributed by atoms with van der Waals surface area (Å²) in [6.07, 6.45) is 0. The van der Waals surface area contributed by atoms with Crippen LogP contribution < -0.4 is 4.74 Å². The van der Waals surface area contributed by atoms with E-state index in [4.69, 9.17) is 15.1 Å². The molecule has 13 heavy (non-hydrogen) atoms. The van der Waals surface area contributed by atoms with Crippen LogP contribution in [0.15, 0.2) is 24.3 Å². The van der Waals surface area contributed by atoms with Crippen molar-refractivity contribution in [1.82, 2.24) is 0 Å². The molecule has 1 N–H and O–H groups in total. The molecule has 1 aromatic carbocycles. The molecule has 1 atom stereocenters. The monoisotopic (exact) mass is 177 g/mol. The predicted octanol–water partition coefficient (Wildman–Crippen LogP) is 1.29. The molecule has 0 saturated carbocycles. The van der Waals surface area contributed by atoms with Gasteiger partial charge < -0.3 is 9.84 Å². The summed E-state index contributed by atoms with van der Waals surface area (Å²) in [4.78, 5) is 0. The molecule has 0 aliphatic carbocycles. The fourth-order valence-electron chi connectivity index (χ4n) is 1.08. The minimum atomic E-state index is -0.463. The lowest BCUT2D eigenvalue weighted by Crippen LogP contribution is -2.00. The molecule has 0 saturated heterocycles. The molecule has 0 fully saturated rings. The average Bonchev–Trinajstić information content (AvgIpc) is 2.20. The average molecular weight is 177 g/mol. The highest BCUT2D eigenvalue weighted by molar-refractivity contribution is 5.33. The summed E-state index contributed by atoms with van der Waals surface area (Å²) < 4.78 is 5.00. The number of benzene rings is 1. The maximum Gasteiger partial charge on any atom is 0.119 e. The summed E-state index contributed by atoms with van der Waals surface area (Å²) in [6, 6.07) is 9.17. The fourth-order valence-corrected chi connectivity index (χ4v) is 1.08. The Morgan fingerprint density at radius 3 is 2.92 bits per heavy atom. The molecular formula is C10H11NO2. The molecule has 0 aliphatic rings. The third kappa shape index (κ3) is 2.20. The Kier molecular flexibility index (Phi) is 3.30. The molecule has 68 valence electrons. The number of nitriles is 1. The molecule has 0 heterocycles. The van der Waals surface area contributed by atoms with Crippen LogP contribution >= 0.6 is 0 Å². The molecule has 0 aliphatic heterocycles. The van der Waals surface area contributed by atoms with E-state index in [9.17, 15) is 0 Å². The first kappa shape index (κ1) is 9.56. The number of ether oxygens (including phenoxy) is 1. The Balaban J connectivity index is 2.94. The SMILES string of the molecule is COc1cccc(C(C#N)CO)c1. The molecule has 3 nitrogen and oxygen atoms in total. The number of methoxy groups -OCH3 is 1. The zero-order valence-electron chi connectivity index (χ0n) is 7.40.